The molecule has 1 aliphatic rings. The summed E-state index contributed by atoms with van der Waals surface area (Å²) in [6, 6.07) is 11.8. The van der Waals surface area contributed by atoms with Gasteiger partial charge in [0, 0.05) is 5.56 Å². The molecule has 0 atom stereocenters. The van der Waals surface area contributed by atoms with Gasteiger partial charge in [0.2, 0.25) is 5.82 Å². The summed E-state index contributed by atoms with van der Waals surface area (Å²) >= 11 is 5.76. The molecule has 1 aliphatic carbocycles. The summed E-state index contributed by atoms with van der Waals surface area (Å²) in [4.78, 5) is 4.36. The first kappa shape index (κ1) is 13.6. The van der Waals surface area contributed by atoms with Crippen molar-refractivity contribution >= 4 is 11.6 Å². The molecule has 4 rings (SSSR count). The van der Waals surface area contributed by atoms with E-state index in [0.717, 1.165) is 5.56 Å². The smallest absolute Gasteiger partial charge is 0.258 e. The average Bonchev–Trinajstić information content (AvgIpc) is 2.98. The van der Waals surface area contributed by atoms with Gasteiger partial charge in [0.15, 0.2) is 11.0 Å². The molecule has 0 aliphatic heterocycles. The van der Waals surface area contributed by atoms with Crippen molar-refractivity contribution in [2.45, 2.75) is 31.6 Å². The first-order chi connectivity index (χ1) is 10.7. The van der Waals surface area contributed by atoms with Crippen molar-refractivity contribution in [2.24, 2.45) is 0 Å². The molecule has 4 nitrogen and oxygen atoms in total. The van der Waals surface area contributed by atoms with Crippen molar-refractivity contribution in [1.29, 1.82) is 0 Å². The third kappa shape index (κ3) is 2.24. The lowest BCUT2D eigenvalue weighted by atomic mass is 9.92. The monoisotopic (exact) mass is 314 g/mol. The second kappa shape index (κ2) is 4.99. The quantitative estimate of drug-likeness (QED) is 0.673. The first-order valence-electron chi connectivity index (χ1n) is 7.40. The number of benzene rings is 1. The van der Waals surface area contributed by atoms with Crippen LogP contribution in [0, 0.1) is 0 Å². The Morgan fingerprint density at radius 1 is 1.14 bits per heavy atom. The van der Waals surface area contributed by atoms with E-state index in [-0.39, 0.29) is 0 Å². The van der Waals surface area contributed by atoms with Crippen molar-refractivity contribution in [2.75, 3.05) is 0 Å². The second-order valence-electron chi connectivity index (χ2n) is 5.74. The molecule has 0 spiro atoms. The van der Waals surface area contributed by atoms with Gasteiger partial charge in [0.1, 0.15) is 0 Å². The molecular formula is C17H15ClN2O2. The Labute approximate surface area is 133 Å². The Balaban J connectivity index is 1.61. The highest BCUT2D eigenvalue weighted by Crippen LogP contribution is 2.50. The van der Waals surface area contributed by atoms with E-state index in [1.54, 1.807) is 12.1 Å². The number of rotatable bonds is 4. The molecule has 112 valence electrons. The fourth-order valence-electron chi connectivity index (χ4n) is 2.84. The predicted octanol–water partition coefficient (Wildman–Crippen LogP) is 5.09. The average molecular weight is 315 g/mol. The van der Waals surface area contributed by atoms with Crippen LogP contribution < -0.4 is 0 Å². The van der Waals surface area contributed by atoms with Gasteiger partial charge >= 0.3 is 0 Å². The molecule has 2 aromatic heterocycles. The second-order valence-corrected chi connectivity index (χ2v) is 6.11. The lowest BCUT2D eigenvalue weighted by molar-refractivity contribution is 0.429. The normalized spacial score (nSPS) is 15.9. The third-order valence-corrected chi connectivity index (χ3v) is 4.70. The maximum atomic E-state index is 5.76. The molecule has 3 aromatic rings. The summed E-state index contributed by atoms with van der Waals surface area (Å²) in [7, 11) is 0. The van der Waals surface area contributed by atoms with Crippen LogP contribution in [0.4, 0.5) is 0 Å². The minimum absolute atomic E-state index is 0.306. The summed E-state index contributed by atoms with van der Waals surface area (Å²) in [5, 5.41) is 4.24. The van der Waals surface area contributed by atoms with Gasteiger partial charge in [-0.05, 0) is 66.1 Å². The number of nitrogens with zero attached hydrogens (tertiary/aromatic N) is 2. The zero-order valence-corrected chi connectivity index (χ0v) is 12.9. The summed E-state index contributed by atoms with van der Waals surface area (Å²) in [5.41, 5.74) is 2.71. The number of aromatic nitrogens is 2. The number of hydrogen-bond donors (Lipinski definition) is 0. The molecule has 0 N–H and O–H groups in total. The van der Waals surface area contributed by atoms with Crippen molar-refractivity contribution in [3.63, 3.8) is 0 Å². The molecule has 22 heavy (non-hydrogen) atoms. The highest BCUT2D eigenvalue weighted by atomic mass is 35.5. The third-order valence-electron chi connectivity index (χ3n) is 4.49. The van der Waals surface area contributed by atoms with Gasteiger partial charge < -0.3 is 8.94 Å². The minimum Gasteiger partial charge on any atom is -0.441 e. The fraction of sp³-hybridized carbons (Fsp3) is 0.294. The molecule has 1 fully saturated rings. The molecule has 0 amide bonds. The van der Waals surface area contributed by atoms with Crippen LogP contribution >= 0.6 is 11.6 Å². The molecule has 1 saturated carbocycles. The Kier molecular flexibility index (Phi) is 3.08. The van der Waals surface area contributed by atoms with Crippen LogP contribution in [0.15, 0.2) is 45.3 Å². The van der Waals surface area contributed by atoms with E-state index in [0.29, 0.717) is 28.1 Å². The van der Waals surface area contributed by atoms with Crippen LogP contribution in [-0.4, -0.2) is 10.1 Å². The largest absolute Gasteiger partial charge is 0.441 e. The summed E-state index contributed by atoms with van der Waals surface area (Å²) in [5.74, 6) is 1.38. The predicted molar refractivity (Wildman–Crippen MR) is 83.6 cm³/mol. The van der Waals surface area contributed by atoms with Crippen LogP contribution in [0.2, 0.25) is 5.22 Å². The van der Waals surface area contributed by atoms with Crippen LogP contribution in [0.25, 0.3) is 23.0 Å². The van der Waals surface area contributed by atoms with Gasteiger partial charge in [0.25, 0.3) is 5.89 Å². The summed E-state index contributed by atoms with van der Waals surface area (Å²) < 4.78 is 10.6. The van der Waals surface area contributed by atoms with Crippen LogP contribution in [0.3, 0.4) is 0 Å². The Morgan fingerprint density at radius 2 is 1.91 bits per heavy atom. The van der Waals surface area contributed by atoms with Crippen molar-refractivity contribution < 1.29 is 8.94 Å². The van der Waals surface area contributed by atoms with Crippen LogP contribution in [0.5, 0.6) is 0 Å². The van der Waals surface area contributed by atoms with Crippen molar-refractivity contribution in [1.82, 2.24) is 10.1 Å². The molecule has 2 heterocycles. The van der Waals surface area contributed by atoms with Crippen LogP contribution in [-0.2, 0) is 5.41 Å². The van der Waals surface area contributed by atoms with Gasteiger partial charge in [-0.1, -0.05) is 24.2 Å². The Hall–Kier alpha value is -2.07. The van der Waals surface area contributed by atoms with Crippen molar-refractivity contribution in [3.05, 3.63) is 47.2 Å². The molecular weight excluding hydrogens is 300 g/mol. The highest BCUT2D eigenvalue weighted by Gasteiger charge is 2.42. The molecule has 0 radical (unpaired) electrons. The molecule has 0 unspecified atom stereocenters. The Bertz CT molecular complexity index is 800. The topological polar surface area (TPSA) is 52.1 Å². The van der Waals surface area contributed by atoms with Crippen molar-refractivity contribution in [3.8, 4) is 23.0 Å². The Morgan fingerprint density at radius 3 is 2.50 bits per heavy atom. The first-order valence-corrected chi connectivity index (χ1v) is 7.78. The maximum Gasteiger partial charge on any atom is 0.258 e. The van der Waals surface area contributed by atoms with Gasteiger partial charge in [-0.3, -0.25) is 0 Å². The van der Waals surface area contributed by atoms with E-state index >= 15 is 0 Å². The molecule has 1 aromatic carbocycles. The lowest BCUT2D eigenvalue weighted by Crippen LogP contribution is -2.03. The number of furan rings is 1. The van der Waals surface area contributed by atoms with E-state index in [1.807, 2.05) is 12.1 Å². The number of halogens is 1. The minimum atomic E-state index is 0.306. The van der Waals surface area contributed by atoms with Gasteiger partial charge in [-0.15, -0.1) is 0 Å². The SMILES string of the molecule is CCC1(c2ccc(-c3nc(-c4ccc(Cl)o4)no3)cc2)CC1. The maximum absolute atomic E-state index is 5.76. The standard InChI is InChI=1S/C17H15ClN2O2/c1-2-17(9-10-17)12-5-3-11(4-6-12)16-19-15(20-22-16)13-7-8-14(18)21-13/h3-8H,2,9-10H2,1H3. The zero-order valence-electron chi connectivity index (χ0n) is 12.2. The highest BCUT2D eigenvalue weighted by molar-refractivity contribution is 6.28. The molecule has 0 saturated heterocycles. The molecule has 0 bridgehead atoms. The van der Waals surface area contributed by atoms with E-state index in [2.05, 4.69) is 29.2 Å². The van der Waals surface area contributed by atoms with Crippen LogP contribution in [0.1, 0.15) is 31.7 Å². The summed E-state index contributed by atoms with van der Waals surface area (Å²) in [6.45, 7) is 2.25. The van der Waals surface area contributed by atoms with Gasteiger partial charge in [-0.25, -0.2) is 0 Å². The van der Waals surface area contributed by atoms with E-state index in [4.69, 9.17) is 20.5 Å². The van der Waals surface area contributed by atoms with E-state index < -0.39 is 0 Å². The fourth-order valence-corrected chi connectivity index (χ4v) is 2.98. The van der Waals surface area contributed by atoms with Gasteiger partial charge in [0.05, 0.1) is 0 Å². The van der Waals surface area contributed by atoms with E-state index in [1.165, 1.54) is 24.8 Å². The van der Waals surface area contributed by atoms with Gasteiger partial charge in [-0.2, -0.15) is 4.98 Å². The number of hydrogen-bond acceptors (Lipinski definition) is 4. The zero-order chi connectivity index (χ0) is 15.2. The lowest BCUT2D eigenvalue weighted by Gasteiger charge is -2.12. The molecule has 5 heteroatoms. The summed E-state index contributed by atoms with van der Waals surface area (Å²) in [6.07, 6.45) is 3.76. The van der Waals surface area contributed by atoms with E-state index in [9.17, 15) is 0 Å².